The fraction of sp³-hybridized carbons (Fsp3) is 0.500. The molecule has 2 aliphatic rings. The number of rotatable bonds is 5. The average Bonchev–Trinajstić information content (AvgIpc) is 2.88. The molecule has 5 amide bonds. The molecule has 8 nitrogen and oxygen atoms in total. The van der Waals surface area contributed by atoms with E-state index in [1.165, 1.54) is 6.92 Å². The molecular weight excluding hydrogens is 360 g/mol. The Morgan fingerprint density at radius 3 is 2.46 bits per heavy atom. The number of imide groups is 1. The average molecular weight is 386 g/mol. The second kappa shape index (κ2) is 8.00. The molecule has 150 valence electrons. The largest absolute Gasteiger partial charge is 0.349 e. The van der Waals surface area contributed by atoms with Gasteiger partial charge in [-0.25, -0.2) is 4.79 Å². The van der Waals surface area contributed by atoms with Gasteiger partial charge >= 0.3 is 6.03 Å². The number of benzene rings is 1. The summed E-state index contributed by atoms with van der Waals surface area (Å²) >= 11 is 0. The van der Waals surface area contributed by atoms with Crippen LogP contribution in [0.25, 0.3) is 0 Å². The molecule has 1 aliphatic carbocycles. The predicted molar refractivity (Wildman–Crippen MR) is 102 cm³/mol. The van der Waals surface area contributed by atoms with E-state index in [-0.39, 0.29) is 12.3 Å². The zero-order valence-electron chi connectivity index (χ0n) is 16.2. The van der Waals surface area contributed by atoms with Gasteiger partial charge in [0.25, 0.3) is 5.91 Å². The van der Waals surface area contributed by atoms with Crippen LogP contribution in [0.5, 0.6) is 0 Å². The van der Waals surface area contributed by atoms with E-state index in [1.54, 1.807) is 12.1 Å². The van der Waals surface area contributed by atoms with Gasteiger partial charge in [-0.05, 0) is 37.2 Å². The van der Waals surface area contributed by atoms with Gasteiger partial charge in [-0.1, -0.05) is 37.3 Å². The Kier molecular flexibility index (Phi) is 5.67. The molecule has 1 atom stereocenters. The molecule has 1 aromatic rings. The highest BCUT2D eigenvalue weighted by atomic mass is 16.2. The summed E-state index contributed by atoms with van der Waals surface area (Å²) in [5.41, 5.74) is 2.27. The van der Waals surface area contributed by atoms with Gasteiger partial charge in [0.2, 0.25) is 11.8 Å². The summed E-state index contributed by atoms with van der Waals surface area (Å²) in [6, 6.07) is 7.92. The van der Waals surface area contributed by atoms with E-state index in [4.69, 9.17) is 0 Å². The molecule has 3 rings (SSSR count). The summed E-state index contributed by atoms with van der Waals surface area (Å²) in [6.07, 6.45) is 2.76. The SMILES string of the molecule is CC(=O)N[C@H](CC(=O)NN1C(=O)NC2(CCC(C)CC2)C1=O)c1ccccc1. The number of hydrazine groups is 1. The Hall–Kier alpha value is -2.90. The second-order valence-corrected chi connectivity index (χ2v) is 7.74. The van der Waals surface area contributed by atoms with Crippen LogP contribution in [-0.2, 0) is 14.4 Å². The number of hydrogen-bond acceptors (Lipinski definition) is 4. The molecule has 1 spiro atoms. The second-order valence-electron chi connectivity index (χ2n) is 7.74. The molecule has 1 saturated carbocycles. The first kappa shape index (κ1) is 19.9. The van der Waals surface area contributed by atoms with Crippen molar-refractivity contribution in [2.24, 2.45) is 5.92 Å². The summed E-state index contributed by atoms with van der Waals surface area (Å²) in [5.74, 6) is -0.684. The van der Waals surface area contributed by atoms with E-state index < -0.39 is 29.4 Å². The quantitative estimate of drug-likeness (QED) is 0.671. The van der Waals surface area contributed by atoms with Gasteiger partial charge < -0.3 is 10.6 Å². The topological polar surface area (TPSA) is 108 Å². The molecule has 1 aliphatic heterocycles. The van der Waals surface area contributed by atoms with Crippen LogP contribution < -0.4 is 16.1 Å². The lowest BCUT2D eigenvalue weighted by Gasteiger charge is -2.33. The third-order valence-corrected chi connectivity index (χ3v) is 5.50. The van der Waals surface area contributed by atoms with Gasteiger partial charge in [0.15, 0.2) is 0 Å². The van der Waals surface area contributed by atoms with Crippen molar-refractivity contribution in [1.82, 2.24) is 21.1 Å². The van der Waals surface area contributed by atoms with Crippen LogP contribution in [0.4, 0.5) is 4.79 Å². The van der Waals surface area contributed by atoms with Crippen molar-refractivity contribution in [3.05, 3.63) is 35.9 Å². The van der Waals surface area contributed by atoms with Crippen molar-refractivity contribution in [3.63, 3.8) is 0 Å². The fourth-order valence-electron chi connectivity index (χ4n) is 3.85. The zero-order valence-corrected chi connectivity index (χ0v) is 16.2. The van der Waals surface area contributed by atoms with Crippen LogP contribution in [0.1, 0.15) is 57.6 Å². The molecule has 0 radical (unpaired) electrons. The van der Waals surface area contributed by atoms with E-state index >= 15 is 0 Å². The maximum Gasteiger partial charge on any atom is 0.344 e. The molecule has 2 fully saturated rings. The van der Waals surface area contributed by atoms with Gasteiger partial charge in [0.05, 0.1) is 12.5 Å². The van der Waals surface area contributed by atoms with Crippen molar-refractivity contribution in [2.75, 3.05) is 0 Å². The highest BCUT2D eigenvalue weighted by molar-refractivity contribution is 6.08. The minimum Gasteiger partial charge on any atom is -0.349 e. The normalized spacial score (nSPS) is 25.4. The molecule has 1 heterocycles. The summed E-state index contributed by atoms with van der Waals surface area (Å²) in [5, 5.41) is 6.28. The Labute approximate surface area is 164 Å². The molecule has 1 saturated heterocycles. The summed E-state index contributed by atoms with van der Waals surface area (Å²) in [6.45, 7) is 3.50. The number of carbonyl (C=O) groups is 4. The van der Waals surface area contributed by atoms with E-state index in [2.05, 4.69) is 23.0 Å². The fourth-order valence-corrected chi connectivity index (χ4v) is 3.85. The molecule has 28 heavy (non-hydrogen) atoms. The highest BCUT2D eigenvalue weighted by Crippen LogP contribution is 2.35. The summed E-state index contributed by atoms with van der Waals surface area (Å²) < 4.78 is 0. The van der Waals surface area contributed by atoms with Gasteiger partial charge in [0.1, 0.15) is 5.54 Å². The molecular formula is C20H26N4O4. The van der Waals surface area contributed by atoms with E-state index in [0.717, 1.165) is 23.4 Å². The first-order chi connectivity index (χ1) is 13.3. The first-order valence-corrected chi connectivity index (χ1v) is 9.59. The lowest BCUT2D eigenvalue weighted by Crippen LogP contribution is -2.51. The monoisotopic (exact) mass is 386 g/mol. The Balaban J connectivity index is 1.67. The minimum atomic E-state index is -0.909. The molecule has 0 aromatic heterocycles. The van der Waals surface area contributed by atoms with Crippen molar-refractivity contribution in [3.8, 4) is 0 Å². The lowest BCUT2D eigenvalue weighted by molar-refractivity contribution is -0.140. The third-order valence-electron chi connectivity index (χ3n) is 5.50. The molecule has 0 unspecified atom stereocenters. The van der Waals surface area contributed by atoms with Crippen molar-refractivity contribution in [2.45, 2.75) is 57.5 Å². The zero-order chi connectivity index (χ0) is 20.3. The number of hydrogen-bond donors (Lipinski definition) is 3. The van der Waals surface area contributed by atoms with Crippen LogP contribution >= 0.6 is 0 Å². The maximum absolute atomic E-state index is 12.8. The van der Waals surface area contributed by atoms with Crippen LogP contribution in [0, 0.1) is 5.92 Å². The number of urea groups is 1. The Morgan fingerprint density at radius 1 is 1.21 bits per heavy atom. The van der Waals surface area contributed by atoms with Gasteiger partial charge in [-0.3, -0.25) is 19.8 Å². The summed E-state index contributed by atoms with van der Waals surface area (Å²) in [4.78, 5) is 49.2. The molecule has 0 bridgehead atoms. The standard InChI is InChI=1S/C20H26N4O4/c1-13-8-10-20(11-9-13)18(27)24(19(28)22-20)23-17(26)12-16(21-14(2)25)15-6-4-3-5-7-15/h3-7,13,16H,8-12H2,1-2H3,(H,21,25)(H,22,28)(H,23,26)/t13?,16-,20?/m1/s1. The van der Waals surface area contributed by atoms with Crippen molar-refractivity contribution >= 4 is 23.8 Å². The number of carbonyl (C=O) groups excluding carboxylic acids is 4. The number of nitrogens with zero attached hydrogens (tertiary/aromatic N) is 1. The number of nitrogens with one attached hydrogen (secondary N) is 3. The van der Waals surface area contributed by atoms with Gasteiger partial charge in [0, 0.05) is 6.92 Å². The molecule has 1 aromatic carbocycles. The maximum atomic E-state index is 12.8. The van der Waals surface area contributed by atoms with Gasteiger partial charge in [-0.15, -0.1) is 0 Å². The Bertz CT molecular complexity index is 772. The van der Waals surface area contributed by atoms with Crippen molar-refractivity contribution in [1.29, 1.82) is 0 Å². The van der Waals surface area contributed by atoms with Gasteiger partial charge in [-0.2, -0.15) is 5.01 Å². The van der Waals surface area contributed by atoms with Crippen LogP contribution in [0.15, 0.2) is 30.3 Å². The number of amides is 5. The summed E-state index contributed by atoms with van der Waals surface area (Å²) in [7, 11) is 0. The van der Waals surface area contributed by atoms with E-state index in [0.29, 0.717) is 18.8 Å². The minimum absolute atomic E-state index is 0.0926. The lowest BCUT2D eigenvalue weighted by atomic mass is 9.77. The van der Waals surface area contributed by atoms with E-state index in [9.17, 15) is 19.2 Å². The molecule has 3 N–H and O–H groups in total. The van der Waals surface area contributed by atoms with E-state index in [1.807, 2.05) is 18.2 Å². The van der Waals surface area contributed by atoms with Crippen molar-refractivity contribution < 1.29 is 19.2 Å². The van der Waals surface area contributed by atoms with Crippen LogP contribution in [-0.4, -0.2) is 34.3 Å². The highest BCUT2D eigenvalue weighted by Gasteiger charge is 2.52. The Morgan fingerprint density at radius 2 is 1.86 bits per heavy atom. The predicted octanol–water partition coefficient (Wildman–Crippen LogP) is 1.79. The van der Waals surface area contributed by atoms with Crippen LogP contribution in [0.3, 0.4) is 0 Å². The third kappa shape index (κ3) is 4.16. The first-order valence-electron chi connectivity index (χ1n) is 9.59. The van der Waals surface area contributed by atoms with Crippen LogP contribution in [0.2, 0.25) is 0 Å². The molecule has 8 heteroatoms. The smallest absolute Gasteiger partial charge is 0.344 e.